The van der Waals surface area contributed by atoms with Crippen LogP contribution in [0.2, 0.25) is 0 Å². The van der Waals surface area contributed by atoms with Crippen molar-refractivity contribution < 1.29 is 4.79 Å². The highest BCUT2D eigenvalue weighted by atomic mass is 32.2. The van der Waals surface area contributed by atoms with Crippen LogP contribution in [0.1, 0.15) is 5.56 Å². The molecule has 1 aliphatic heterocycles. The van der Waals surface area contributed by atoms with E-state index >= 15 is 0 Å². The van der Waals surface area contributed by atoms with Gasteiger partial charge in [0.15, 0.2) is 0 Å². The van der Waals surface area contributed by atoms with E-state index in [1.807, 2.05) is 30.0 Å². The van der Waals surface area contributed by atoms with E-state index in [1.165, 1.54) is 11.5 Å². The molecule has 1 fully saturated rings. The molecule has 1 aliphatic rings. The van der Waals surface area contributed by atoms with Crippen molar-refractivity contribution in [2.24, 2.45) is 0 Å². The molecule has 0 unspecified atom stereocenters. The average molecular weight is 303 g/mol. The quantitative estimate of drug-likeness (QED) is 0.822. The van der Waals surface area contributed by atoms with Crippen LogP contribution in [0.15, 0.2) is 42.7 Å². The third-order valence-electron chi connectivity index (χ3n) is 3.27. The summed E-state index contributed by atoms with van der Waals surface area (Å²) < 4.78 is 0. The summed E-state index contributed by atoms with van der Waals surface area (Å²) in [6, 6.07) is 7.76. The predicted octanol–water partition coefficient (Wildman–Crippen LogP) is 2.70. The first kappa shape index (κ1) is 15.7. The van der Waals surface area contributed by atoms with Gasteiger partial charge in [0.1, 0.15) is 0 Å². The fraction of sp³-hybridized carbons (Fsp3) is 0.375. The summed E-state index contributed by atoms with van der Waals surface area (Å²) in [5, 5.41) is 5.65. The van der Waals surface area contributed by atoms with Crippen LogP contribution in [-0.2, 0) is 6.54 Å². The van der Waals surface area contributed by atoms with Crippen molar-refractivity contribution in [2.45, 2.75) is 6.54 Å². The molecule has 2 N–H and O–H groups in total. The molecule has 1 heterocycles. The topological polar surface area (TPSA) is 44.4 Å². The molecule has 0 spiro atoms. The smallest absolute Gasteiger partial charge is 0.319 e. The van der Waals surface area contributed by atoms with Gasteiger partial charge in [0, 0.05) is 43.4 Å². The Bertz CT molecular complexity index is 520. The molecular formula is C16H21N3OS. The molecule has 0 saturated carbocycles. The molecule has 1 aromatic carbocycles. The van der Waals surface area contributed by atoms with Gasteiger partial charge in [-0.25, -0.2) is 4.79 Å². The number of carbonyl (C=O) groups is 1. The van der Waals surface area contributed by atoms with Gasteiger partial charge in [-0.05, 0) is 17.7 Å². The summed E-state index contributed by atoms with van der Waals surface area (Å²) >= 11 is 2.00. The second kappa shape index (κ2) is 8.57. The van der Waals surface area contributed by atoms with Crippen LogP contribution >= 0.6 is 11.8 Å². The number of thioether (sulfide) groups is 1. The van der Waals surface area contributed by atoms with E-state index in [1.54, 1.807) is 6.08 Å². The zero-order valence-electron chi connectivity index (χ0n) is 12.1. The lowest BCUT2D eigenvalue weighted by Gasteiger charge is -2.27. The molecule has 0 radical (unpaired) electrons. The number of hydrogen-bond acceptors (Lipinski definition) is 3. The zero-order chi connectivity index (χ0) is 14.9. The standard InChI is InChI=1S/C16H21N3OS/c1-2-3-8-17-16(20)18-15-7-5-4-6-14(15)13-19-9-11-21-12-10-19/h3-7H,1,8-13H2,(H2,17,18,20). The van der Waals surface area contributed by atoms with Gasteiger partial charge >= 0.3 is 6.03 Å². The second-order valence-corrected chi connectivity index (χ2v) is 6.01. The zero-order valence-corrected chi connectivity index (χ0v) is 12.9. The van der Waals surface area contributed by atoms with Crippen LogP contribution in [0.4, 0.5) is 10.5 Å². The number of urea groups is 1. The Balaban J connectivity index is 1.95. The maximum Gasteiger partial charge on any atom is 0.319 e. The largest absolute Gasteiger partial charge is 0.334 e. The van der Waals surface area contributed by atoms with Crippen LogP contribution in [0, 0.1) is 0 Å². The van der Waals surface area contributed by atoms with Crippen LogP contribution < -0.4 is 10.6 Å². The predicted molar refractivity (Wildman–Crippen MR) is 89.8 cm³/mol. The molecule has 0 atom stereocenters. The first-order valence-electron chi connectivity index (χ1n) is 7.07. The summed E-state index contributed by atoms with van der Waals surface area (Å²) in [5.74, 6) is 2.37. The Morgan fingerprint density at radius 2 is 2.14 bits per heavy atom. The summed E-state index contributed by atoms with van der Waals surface area (Å²) in [6.07, 6.45) is 1.68. The summed E-state index contributed by atoms with van der Waals surface area (Å²) in [4.78, 5) is 14.3. The monoisotopic (exact) mass is 303 g/mol. The average Bonchev–Trinajstić information content (AvgIpc) is 2.51. The van der Waals surface area contributed by atoms with Crippen LogP contribution in [0.5, 0.6) is 0 Å². The number of anilines is 1. The van der Waals surface area contributed by atoms with Crippen molar-refractivity contribution >= 4 is 23.5 Å². The summed E-state index contributed by atoms with van der Waals surface area (Å²) in [6.45, 7) is 6.98. The number of para-hydroxylation sites is 1. The fourth-order valence-electron chi connectivity index (χ4n) is 2.16. The molecular weight excluding hydrogens is 282 g/mol. The lowest BCUT2D eigenvalue weighted by Crippen LogP contribution is -2.33. The Morgan fingerprint density at radius 1 is 1.38 bits per heavy atom. The van der Waals surface area contributed by atoms with E-state index in [-0.39, 0.29) is 6.03 Å². The van der Waals surface area contributed by atoms with E-state index < -0.39 is 0 Å². The van der Waals surface area contributed by atoms with Crippen molar-refractivity contribution in [2.75, 3.05) is 36.5 Å². The molecule has 0 bridgehead atoms. The minimum absolute atomic E-state index is 0.205. The van der Waals surface area contributed by atoms with Gasteiger partial charge in [-0.2, -0.15) is 11.8 Å². The minimum atomic E-state index is -0.205. The van der Waals surface area contributed by atoms with Gasteiger partial charge in [0.25, 0.3) is 0 Å². The molecule has 0 aromatic heterocycles. The third-order valence-corrected chi connectivity index (χ3v) is 4.21. The number of nitrogens with zero attached hydrogens (tertiary/aromatic N) is 1. The summed E-state index contributed by atoms with van der Waals surface area (Å²) in [7, 11) is 0. The van der Waals surface area contributed by atoms with Crippen LogP contribution in [0.25, 0.3) is 0 Å². The number of nitrogens with one attached hydrogen (secondary N) is 2. The van der Waals surface area contributed by atoms with Crippen LogP contribution in [0.3, 0.4) is 0 Å². The van der Waals surface area contributed by atoms with Crippen molar-refractivity contribution in [1.82, 2.24) is 10.2 Å². The molecule has 21 heavy (non-hydrogen) atoms. The first-order chi connectivity index (χ1) is 10.3. The number of benzene rings is 1. The maximum atomic E-state index is 11.8. The van der Waals surface area contributed by atoms with Crippen molar-refractivity contribution in [3.05, 3.63) is 48.2 Å². The molecule has 2 rings (SSSR count). The molecule has 4 nitrogen and oxygen atoms in total. The Morgan fingerprint density at radius 3 is 2.90 bits per heavy atom. The Labute approximate surface area is 130 Å². The molecule has 1 aromatic rings. The molecule has 1 saturated heterocycles. The highest BCUT2D eigenvalue weighted by molar-refractivity contribution is 7.99. The summed E-state index contributed by atoms with van der Waals surface area (Å²) in [5.41, 5.74) is 4.65. The van der Waals surface area contributed by atoms with Gasteiger partial charge in [0.05, 0.1) is 0 Å². The van der Waals surface area contributed by atoms with Gasteiger partial charge in [0.2, 0.25) is 0 Å². The number of amides is 2. The first-order valence-corrected chi connectivity index (χ1v) is 8.22. The minimum Gasteiger partial charge on any atom is -0.334 e. The number of carbonyl (C=O) groups excluding carboxylic acids is 1. The molecule has 0 aliphatic carbocycles. The van der Waals surface area contributed by atoms with E-state index in [4.69, 9.17) is 0 Å². The third kappa shape index (κ3) is 5.31. The molecule has 112 valence electrons. The SMILES string of the molecule is C=C=CCNC(=O)Nc1ccccc1CN1CCSCC1. The van der Waals surface area contributed by atoms with Crippen molar-refractivity contribution in [3.8, 4) is 0 Å². The van der Waals surface area contributed by atoms with Crippen molar-refractivity contribution in [1.29, 1.82) is 0 Å². The highest BCUT2D eigenvalue weighted by Crippen LogP contribution is 2.19. The van der Waals surface area contributed by atoms with Crippen molar-refractivity contribution in [3.63, 3.8) is 0 Å². The highest BCUT2D eigenvalue weighted by Gasteiger charge is 2.13. The van der Waals surface area contributed by atoms with E-state index in [2.05, 4.69) is 33.9 Å². The van der Waals surface area contributed by atoms with E-state index in [0.717, 1.165) is 30.9 Å². The van der Waals surface area contributed by atoms with Gasteiger partial charge in [-0.3, -0.25) is 4.90 Å². The Hall–Kier alpha value is -1.68. The van der Waals surface area contributed by atoms with Gasteiger partial charge in [-0.15, -0.1) is 5.73 Å². The normalized spacial score (nSPS) is 15.0. The van der Waals surface area contributed by atoms with Crippen LogP contribution in [-0.4, -0.2) is 42.1 Å². The number of hydrogen-bond donors (Lipinski definition) is 2. The lowest BCUT2D eigenvalue weighted by molar-refractivity contribution is 0.253. The van der Waals surface area contributed by atoms with Gasteiger partial charge in [-0.1, -0.05) is 24.8 Å². The lowest BCUT2D eigenvalue weighted by atomic mass is 10.1. The fourth-order valence-corrected chi connectivity index (χ4v) is 3.14. The molecule has 2 amide bonds. The maximum absolute atomic E-state index is 11.8. The van der Waals surface area contributed by atoms with E-state index in [9.17, 15) is 4.79 Å². The van der Waals surface area contributed by atoms with E-state index in [0.29, 0.717) is 6.54 Å². The molecule has 5 heteroatoms. The number of rotatable bonds is 5. The van der Waals surface area contributed by atoms with Gasteiger partial charge < -0.3 is 10.6 Å². The Kier molecular flexibility index (Phi) is 6.41. The second-order valence-electron chi connectivity index (χ2n) is 4.79.